The van der Waals surface area contributed by atoms with Crippen molar-refractivity contribution in [2.45, 2.75) is 13.0 Å². The average Bonchev–Trinajstić information content (AvgIpc) is 3.09. The first-order valence-corrected chi connectivity index (χ1v) is 7.26. The highest BCUT2D eigenvalue weighted by atomic mass is 32.1. The summed E-state index contributed by atoms with van der Waals surface area (Å²) < 4.78 is 0. The van der Waals surface area contributed by atoms with Gasteiger partial charge in [0.25, 0.3) is 0 Å². The van der Waals surface area contributed by atoms with E-state index >= 15 is 0 Å². The second-order valence-electron chi connectivity index (χ2n) is 4.62. The molecule has 0 spiro atoms. The van der Waals surface area contributed by atoms with Crippen LogP contribution in [0.15, 0.2) is 23.7 Å². The quantitative estimate of drug-likeness (QED) is 0.890. The number of aromatic amines is 1. The number of aromatic nitrogens is 2. The van der Waals surface area contributed by atoms with Gasteiger partial charge in [-0.25, -0.2) is 4.98 Å². The van der Waals surface area contributed by atoms with Gasteiger partial charge < -0.3 is 10.3 Å². The second kappa shape index (κ2) is 5.22. The van der Waals surface area contributed by atoms with Crippen LogP contribution in [0.1, 0.15) is 18.7 Å². The zero-order valence-electron chi connectivity index (χ0n) is 10.5. The molecule has 4 nitrogen and oxygen atoms in total. The number of H-pyrrole nitrogens is 1. The van der Waals surface area contributed by atoms with Gasteiger partial charge in [0.15, 0.2) is 0 Å². The maximum absolute atomic E-state index is 4.75. The van der Waals surface area contributed by atoms with Gasteiger partial charge in [0.2, 0.25) is 0 Å². The molecule has 0 amide bonds. The highest BCUT2D eigenvalue weighted by Crippen LogP contribution is 2.27. The zero-order valence-corrected chi connectivity index (χ0v) is 11.3. The summed E-state index contributed by atoms with van der Waals surface area (Å²) >= 11 is 1.71. The van der Waals surface area contributed by atoms with Crippen LogP contribution in [0.3, 0.4) is 0 Å². The predicted molar refractivity (Wildman–Crippen MR) is 74.8 cm³/mol. The Labute approximate surface area is 111 Å². The summed E-state index contributed by atoms with van der Waals surface area (Å²) in [5.41, 5.74) is 2.30. The van der Waals surface area contributed by atoms with E-state index in [9.17, 15) is 0 Å². The van der Waals surface area contributed by atoms with Gasteiger partial charge in [0, 0.05) is 37.8 Å². The molecule has 0 bridgehead atoms. The summed E-state index contributed by atoms with van der Waals surface area (Å²) in [6.07, 6.45) is 1.94. The van der Waals surface area contributed by atoms with Crippen LogP contribution < -0.4 is 5.32 Å². The van der Waals surface area contributed by atoms with Crippen LogP contribution in [0.25, 0.3) is 10.7 Å². The highest BCUT2D eigenvalue weighted by molar-refractivity contribution is 7.13. The van der Waals surface area contributed by atoms with Crippen molar-refractivity contribution in [3.8, 4) is 10.7 Å². The van der Waals surface area contributed by atoms with Gasteiger partial charge in [-0.1, -0.05) is 0 Å². The van der Waals surface area contributed by atoms with E-state index in [0.717, 1.165) is 36.9 Å². The van der Waals surface area contributed by atoms with Crippen molar-refractivity contribution in [2.24, 2.45) is 0 Å². The van der Waals surface area contributed by atoms with E-state index in [2.05, 4.69) is 33.6 Å². The van der Waals surface area contributed by atoms with Crippen LogP contribution in [0.2, 0.25) is 0 Å². The van der Waals surface area contributed by atoms with E-state index in [4.69, 9.17) is 4.98 Å². The summed E-state index contributed by atoms with van der Waals surface area (Å²) in [6.45, 7) is 6.63. The predicted octanol–water partition coefficient (Wildman–Crippen LogP) is 2.10. The third-order valence-electron chi connectivity index (χ3n) is 3.48. The molecule has 2 aromatic heterocycles. The first-order chi connectivity index (χ1) is 8.84. The Hall–Kier alpha value is -1.17. The van der Waals surface area contributed by atoms with Crippen LogP contribution in [0, 0.1) is 0 Å². The van der Waals surface area contributed by atoms with E-state index in [0.29, 0.717) is 6.04 Å². The first-order valence-electron chi connectivity index (χ1n) is 6.38. The number of hydrogen-bond donors (Lipinski definition) is 2. The molecule has 1 aliphatic heterocycles. The monoisotopic (exact) mass is 262 g/mol. The van der Waals surface area contributed by atoms with E-state index in [1.165, 1.54) is 5.69 Å². The molecule has 96 valence electrons. The van der Waals surface area contributed by atoms with E-state index in [1.807, 2.05) is 12.3 Å². The molecule has 0 radical (unpaired) electrons. The van der Waals surface area contributed by atoms with Gasteiger partial charge in [-0.15, -0.1) is 11.3 Å². The average molecular weight is 262 g/mol. The maximum atomic E-state index is 4.75. The van der Waals surface area contributed by atoms with Crippen LogP contribution in [0.4, 0.5) is 0 Å². The largest absolute Gasteiger partial charge is 0.359 e. The van der Waals surface area contributed by atoms with Gasteiger partial charge >= 0.3 is 0 Å². The van der Waals surface area contributed by atoms with Gasteiger partial charge in [-0.05, 0) is 19.1 Å². The molecule has 3 rings (SSSR count). The summed E-state index contributed by atoms with van der Waals surface area (Å²) in [5, 5.41) is 6.65. The van der Waals surface area contributed by atoms with E-state index in [1.54, 1.807) is 11.3 Å². The van der Waals surface area contributed by atoms with Crippen molar-refractivity contribution >= 4 is 11.3 Å². The van der Waals surface area contributed by atoms with Crippen LogP contribution in [-0.4, -0.2) is 41.0 Å². The molecule has 0 saturated carbocycles. The molecule has 18 heavy (non-hydrogen) atoms. The van der Waals surface area contributed by atoms with Crippen molar-refractivity contribution in [2.75, 3.05) is 26.2 Å². The summed E-state index contributed by atoms with van der Waals surface area (Å²) in [7, 11) is 0. The van der Waals surface area contributed by atoms with E-state index in [-0.39, 0.29) is 0 Å². The minimum Gasteiger partial charge on any atom is -0.359 e. The molecule has 0 aromatic carbocycles. The Morgan fingerprint density at radius 2 is 2.22 bits per heavy atom. The summed E-state index contributed by atoms with van der Waals surface area (Å²) in [4.78, 5) is 10.5. The Morgan fingerprint density at radius 3 is 2.94 bits per heavy atom. The molecule has 1 unspecified atom stereocenters. The molecular formula is C13H18N4S. The molecule has 2 N–H and O–H groups in total. The van der Waals surface area contributed by atoms with Crippen molar-refractivity contribution in [1.82, 2.24) is 20.2 Å². The molecule has 2 aromatic rings. The molecule has 1 atom stereocenters. The van der Waals surface area contributed by atoms with Gasteiger partial charge in [0.1, 0.15) is 5.01 Å². The van der Waals surface area contributed by atoms with Crippen molar-refractivity contribution in [3.05, 3.63) is 29.4 Å². The van der Waals surface area contributed by atoms with Crippen molar-refractivity contribution in [3.63, 3.8) is 0 Å². The Kier molecular flexibility index (Phi) is 3.45. The number of piperazine rings is 1. The zero-order chi connectivity index (χ0) is 12.4. The van der Waals surface area contributed by atoms with E-state index < -0.39 is 0 Å². The highest BCUT2D eigenvalue weighted by Gasteiger charge is 2.20. The van der Waals surface area contributed by atoms with Gasteiger partial charge in [-0.3, -0.25) is 4.90 Å². The molecule has 1 saturated heterocycles. The van der Waals surface area contributed by atoms with Crippen molar-refractivity contribution in [1.29, 1.82) is 0 Å². The smallest absolute Gasteiger partial charge is 0.139 e. The maximum Gasteiger partial charge on any atom is 0.139 e. The minimum atomic E-state index is 0.409. The second-order valence-corrected chi connectivity index (χ2v) is 5.48. The number of rotatable bonds is 3. The molecule has 0 aliphatic carbocycles. The number of hydrogen-bond acceptors (Lipinski definition) is 4. The van der Waals surface area contributed by atoms with Crippen LogP contribution in [0.5, 0.6) is 0 Å². The third-order valence-corrected chi connectivity index (χ3v) is 4.37. The van der Waals surface area contributed by atoms with Crippen LogP contribution >= 0.6 is 11.3 Å². The summed E-state index contributed by atoms with van der Waals surface area (Å²) in [6, 6.07) is 4.49. The Morgan fingerprint density at radius 1 is 1.39 bits per heavy atom. The first kappa shape index (κ1) is 11.9. The fraction of sp³-hybridized carbons (Fsp3) is 0.462. The molecule has 1 fully saturated rings. The lowest BCUT2D eigenvalue weighted by Gasteiger charge is -2.31. The number of thiazole rings is 1. The van der Waals surface area contributed by atoms with Crippen molar-refractivity contribution < 1.29 is 0 Å². The fourth-order valence-corrected chi connectivity index (χ4v) is 3.22. The minimum absolute atomic E-state index is 0.409. The lowest BCUT2D eigenvalue weighted by atomic mass is 10.2. The molecule has 5 heteroatoms. The standard InChI is InChI=1S/C13H18N4S/c1-10(17-7-5-14-6-8-17)12-9-18-13(16-12)11-3-2-4-15-11/h2-4,9-10,14-15H,5-8H2,1H3. The lowest BCUT2D eigenvalue weighted by molar-refractivity contribution is 0.183. The summed E-state index contributed by atoms with van der Waals surface area (Å²) in [5.74, 6) is 0. The third kappa shape index (κ3) is 2.34. The SMILES string of the molecule is CC(c1csc(-c2ccc[nH]2)n1)N1CCNCC1. The fourth-order valence-electron chi connectivity index (χ4n) is 2.32. The number of nitrogens with zero attached hydrogens (tertiary/aromatic N) is 2. The van der Waals surface area contributed by atoms with Gasteiger partial charge in [-0.2, -0.15) is 0 Å². The lowest BCUT2D eigenvalue weighted by Crippen LogP contribution is -2.44. The Bertz CT molecular complexity index is 485. The molecular weight excluding hydrogens is 244 g/mol. The number of nitrogens with one attached hydrogen (secondary N) is 2. The normalized spacial score (nSPS) is 18.9. The molecule has 3 heterocycles. The molecule has 1 aliphatic rings. The van der Waals surface area contributed by atoms with Crippen LogP contribution in [-0.2, 0) is 0 Å². The van der Waals surface area contributed by atoms with Gasteiger partial charge in [0.05, 0.1) is 17.4 Å². The topological polar surface area (TPSA) is 44.0 Å². The Balaban J connectivity index is 1.76.